The van der Waals surface area contributed by atoms with Crippen LogP contribution >= 0.6 is 23.2 Å². The smallest absolute Gasteiger partial charge is 0.347 e. The third-order valence-corrected chi connectivity index (χ3v) is 2.90. The second-order valence-electron chi connectivity index (χ2n) is 3.75. The van der Waals surface area contributed by atoms with Gasteiger partial charge in [0.1, 0.15) is 12.4 Å². The van der Waals surface area contributed by atoms with Crippen molar-refractivity contribution in [3.63, 3.8) is 0 Å². The third kappa shape index (κ3) is 3.91. The maximum absolute atomic E-state index is 13.4. The fraction of sp³-hybridized carbons (Fsp3) is 0.364. The Kier molecular flexibility index (Phi) is 4.92. The van der Waals surface area contributed by atoms with Crippen LogP contribution in [0.25, 0.3) is 0 Å². The lowest BCUT2D eigenvalue weighted by Gasteiger charge is -2.19. The number of rotatable bonds is 5. The van der Waals surface area contributed by atoms with Gasteiger partial charge in [0.15, 0.2) is 0 Å². The number of carbonyl (C=O) groups is 1. The van der Waals surface area contributed by atoms with Gasteiger partial charge in [0, 0.05) is 13.0 Å². The zero-order valence-corrected chi connectivity index (χ0v) is 11.1. The third-order valence-electron chi connectivity index (χ3n) is 2.18. The van der Waals surface area contributed by atoms with Crippen molar-refractivity contribution < 1.29 is 27.8 Å². The molecule has 0 heterocycles. The predicted molar refractivity (Wildman–Crippen MR) is 64.1 cm³/mol. The van der Waals surface area contributed by atoms with Crippen LogP contribution in [0.2, 0.25) is 10.0 Å². The Morgan fingerprint density at radius 2 is 1.95 bits per heavy atom. The molecule has 0 aliphatic heterocycles. The number of carboxylic acid groups (broad SMARTS) is 1. The van der Waals surface area contributed by atoms with Crippen molar-refractivity contribution in [2.24, 2.45) is 0 Å². The highest BCUT2D eigenvalue weighted by molar-refractivity contribution is 6.42. The average Bonchev–Trinajstić information content (AvgIpc) is 2.28. The predicted octanol–water partition coefficient (Wildman–Crippen LogP) is 3.91. The van der Waals surface area contributed by atoms with Crippen molar-refractivity contribution >= 4 is 29.2 Å². The Balaban J connectivity index is 3.25. The molecule has 0 amide bonds. The van der Waals surface area contributed by atoms with Gasteiger partial charge in [-0.2, -0.15) is 0 Å². The van der Waals surface area contributed by atoms with E-state index in [0.717, 1.165) is 12.1 Å². The second kappa shape index (κ2) is 5.88. The first-order valence-corrected chi connectivity index (χ1v) is 5.75. The van der Waals surface area contributed by atoms with E-state index in [4.69, 9.17) is 33.0 Å². The first-order valence-electron chi connectivity index (χ1n) is 4.99. The molecule has 8 heteroatoms. The molecule has 0 saturated carbocycles. The fourth-order valence-electron chi connectivity index (χ4n) is 1.27. The Hall–Kier alpha value is -1.14. The van der Waals surface area contributed by atoms with Crippen LogP contribution in [0.4, 0.5) is 13.2 Å². The molecule has 0 spiro atoms. The van der Waals surface area contributed by atoms with E-state index in [-0.39, 0.29) is 10.0 Å². The molecule has 0 aliphatic carbocycles. The van der Waals surface area contributed by atoms with Crippen molar-refractivity contribution in [3.8, 4) is 5.75 Å². The van der Waals surface area contributed by atoms with Crippen LogP contribution in [0.1, 0.15) is 12.5 Å². The molecule has 1 rings (SSSR count). The van der Waals surface area contributed by atoms with E-state index < -0.39 is 36.0 Å². The topological polar surface area (TPSA) is 46.5 Å². The average molecular weight is 317 g/mol. The van der Waals surface area contributed by atoms with Gasteiger partial charge in [-0.05, 0) is 6.07 Å². The summed E-state index contributed by atoms with van der Waals surface area (Å²) in [5.41, 5.74) is -0.665. The molecule has 0 fully saturated rings. The summed E-state index contributed by atoms with van der Waals surface area (Å²) in [7, 11) is 0. The van der Waals surface area contributed by atoms with Gasteiger partial charge in [0.05, 0.1) is 15.6 Å². The minimum atomic E-state index is -3.34. The number of alkyl halides is 3. The summed E-state index contributed by atoms with van der Waals surface area (Å²) in [6.07, 6.45) is -1.89. The van der Waals surface area contributed by atoms with Gasteiger partial charge in [0.25, 0.3) is 5.92 Å². The highest BCUT2D eigenvalue weighted by Crippen LogP contribution is 2.39. The van der Waals surface area contributed by atoms with E-state index in [1.54, 1.807) is 0 Å². The van der Waals surface area contributed by atoms with E-state index in [2.05, 4.69) is 0 Å². The Morgan fingerprint density at radius 1 is 1.42 bits per heavy atom. The highest BCUT2D eigenvalue weighted by atomic mass is 35.5. The van der Waals surface area contributed by atoms with Gasteiger partial charge in [0.2, 0.25) is 6.10 Å². The fourth-order valence-corrected chi connectivity index (χ4v) is 1.59. The second-order valence-corrected chi connectivity index (χ2v) is 4.56. The van der Waals surface area contributed by atoms with Crippen LogP contribution in [0, 0.1) is 0 Å². The lowest BCUT2D eigenvalue weighted by molar-refractivity contribution is -0.145. The summed E-state index contributed by atoms with van der Waals surface area (Å²) in [6, 6.07) is 1.79. The summed E-state index contributed by atoms with van der Waals surface area (Å²) in [5, 5.41) is 8.40. The standard InChI is InChI=1S/C11H9Cl2F3O3/c1-11(15,16)5-2-6(12)7(13)3-8(5)19-9(4-14)10(17)18/h2-3,9H,4H2,1H3,(H,17,18)/t9-/m0/s1. The van der Waals surface area contributed by atoms with Crippen molar-refractivity contribution in [1.82, 2.24) is 0 Å². The van der Waals surface area contributed by atoms with Crippen LogP contribution in [0.5, 0.6) is 5.75 Å². The first-order chi connectivity index (χ1) is 8.66. The first kappa shape index (κ1) is 15.9. The zero-order chi connectivity index (χ0) is 14.8. The number of carboxylic acids is 1. The van der Waals surface area contributed by atoms with Crippen molar-refractivity contribution in [1.29, 1.82) is 0 Å². The molecule has 19 heavy (non-hydrogen) atoms. The molecule has 0 aliphatic rings. The summed E-state index contributed by atoms with van der Waals surface area (Å²) in [5.74, 6) is -5.48. The lowest BCUT2D eigenvalue weighted by Crippen LogP contribution is -2.30. The zero-order valence-electron chi connectivity index (χ0n) is 9.59. The van der Waals surface area contributed by atoms with Gasteiger partial charge in [-0.15, -0.1) is 0 Å². The van der Waals surface area contributed by atoms with Crippen molar-refractivity contribution in [2.45, 2.75) is 19.0 Å². The Morgan fingerprint density at radius 3 is 2.37 bits per heavy atom. The summed E-state index contributed by atoms with van der Waals surface area (Å²) in [4.78, 5) is 10.6. The maximum atomic E-state index is 13.4. The molecule has 0 saturated heterocycles. The molecule has 1 N–H and O–H groups in total. The van der Waals surface area contributed by atoms with Gasteiger partial charge < -0.3 is 9.84 Å². The number of hydrogen-bond acceptors (Lipinski definition) is 2. The van der Waals surface area contributed by atoms with E-state index in [1.807, 2.05) is 0 Å². The van der Waals surface area contributed by atoms with E-state index >= 15 is 0 Å². The van der Waals surface area contributed by atoms with E-state index in [9.17, 15) is 18.0 Å². The van der Waals surface area contributed by atoms with E-state index in [0.29, 0.717) is 6.92 Å². The van der Waals surface area contributed by atoms with Crippen molar-refractivity contribution in [2.75, 3.05) is 6.67 Å². The minimum Gasteiger partial charge on any atom is -0.478 e. The monoisotopic (exact) mass is 316 g/mol. The van der Waals surface area contributed by atoms with Crippen LogP contribution in [0.3, 0.4) is 0 Å². The number of ether oxygens (including phenoxy) is 1. The Bertz CT molecular complexity index is 489. The van der Waals surface area contributed by atoms with Gasteiger partial charge in [-0.1, -0.05) is 23.2 Å². The van der Waals surface area contributed by atoms with Gasteiger partial charge >= 0.3 is 5.97 Å². The molecule has 106 valence electrons. The van der Waals surface area contributed by atoms with Crippen LogP contribution in [-0.2, 0) is 10.7 Å². The normalized spacial score (nSPS) is 13.2. The number of benzene rings is 1. The maximum Gasteiger partial charge on any atom is 0.347 e. The summed E-state index contributed by atoms with van der Waals surface area (Å²) >= 11 is 11.3. The molecule has 0 radical (unpaired) electrons. The minimum absolute atomic E-state index is 0.104. The highest BCUT2D eigenvalue weighted by Gasteiger charge is 2.32. The molecule has 1 aromatic carbocycles. The number of hydrogen-bond donors (Lipinski definition) is 1. The summed E-state index contributed by atoms with van der Waals surface area (Å²) in [6.45, 7) is -0.797. The molecule has 0 unspecified atom stereocenters. The lowest BCUT2D eigenvalue weighted by atomic mass is 10.1. The van der Waals surface area contributed by atoms with Crippen LogP contribution in [-0.4, -0.2) is 23.9 Å². The van der Waals surface area contributed by atoms with E-state index in [1.165, 1.54) is 0 Å². The summed E-state index contributed by atoms with van der Waals surface area (Å²) < 4.78 is 43.9. The SMILES string of the molecule is CC(F)(F)c1cc(Cl)c(Cl)cc1O[C@@H](CF)C(=O)O. The molecule has 0 bridgehead atoms. The van der Waals surface area contributed by atoms with Gasteiger partial charge in [-0.3, -0.25) is 0 Å². The molecule has 1 atom stereocenters. The molecular weight excluding hydrogens is 308 g/mol. The largest absolute Gasteiger partial charge is 0.478 e. The van der Waals surface area contributed by atoms with Crippen LogP contribution < -0.4 is 4.74 Å². The number of aliphatic carboxylic acids is 1. The molecule has 3 nitrogen and oxygen atoms in total. The number of halogens is 5. The van der Waals surface area contributed by atoms with Gasteiger partial charge in [-0.25, -0.2) is 18.0 Å². The molecule has 1 aromatic rings. The quantitative estimate of drug-likeness (QED) is 0.896. The molecule has 0 aromatic heterocycles. The van der Waals surface area contributed by atoms with Crippen molar-refractivity contribution in [3.05, 3.63) is 27.7 Å². The molecular formula is C11H9Cl2F3O3. The van der Waals surface area contributed by atoms with Crippen LogP contribution in [0.15, 0.2) is 12.1 Å². The Labute approximate surface area is 116 Å².